The van der Waals surface area contributed by atoms with Crippen molar-refractivity contribution in [2.24, 2.45) is 0 Å². The van der Waals surface area contributed by atoms with E-state index in [0.29, 0.717) is 6.42 Å². The Morgan fingerprint density at radius 1 is 1.44 bits per heavy atom. The van der Waals surface area contributed by atoms with Crippen molar-refractivity contribution in [1.82, 2.24) is 0 Å². The Hall–Kier alpha value is -2.44. The van der Waals surface area contributed by atoms with Crippen molar-refractivity contribution < 1.29 is 24.4 Å². The Labute approximate surface area is 102 Å². The third-order valence-corrected chi connectivity index (χ3v) is 2.08. The number of ether oxygens (including phenoxy) is 1. The van der Waals surface area contributed by atoms with Crippen LogP contribution >= 0.6 is 0 Å². The number of hydrogen-bond acceptors (Lipinski definition) is 5. The summed E-state index contributed by atoms with van der Waals surface area (Å²) in [5.74, 6) is -2.24. The van der Waals surface area contributed by atoms with Crippen molar-refractivity contribution in [3.63, 3.8) is 0 Å². The molecule has 0 amide bonds. The molecule has 0 aliphatic carbocycles. The summed E-state index contributed by atoms with van der Waals surface area (Å²) in [6, 6.07) is 3.05. The molecule has 0 aliphatic heterocycles. The first-order chi connectivity index (χ1) is 8.45. The third-order valence-electron chi connectivity index (χ3n) is 2.08. The fourth-order valence-electron chi connectivity index (χ4n) is 1.26. The number of nitro benzene ring substituents is 1. The highest BCUT2D eigenvalue weighted by Crippen LogP contribution is 2.28. The second kappa shape index (κ2) is 5.76. The lowest BCUT2D eigenvalue weighted by Crippen LogP contribution is -2.09. The molecule has 0 saturated carbocycles. The molecule has 0 aliphatic rings. The summed E-state index contributed by atoms with van der Waals surface area (Å²) in [6.45, 7) is 1.75. The highest BCUT2D eigenvalue weighted by Gasteiger charge is 2.20. The van der Waals surface area contributed by atoms with Gasteiger partial charge < -0.3 is 9.84 Å². The van der Waals surface area contributed by atoms with E-state index in [1.54, 1.807) is 6.92 Å². The van der Waals surface area contributed by atoms with E-state index < -0.39 is 22.5 Å². The molecular weight excluding hydrogens is 242 g/mol. The Bertz CT molecular complexity index is 496. The van der Waals surface area contributed by atoms with Crippen molar-refractivity contribution in [2.45, 2.75) is 19.8 Å². The summed E-state index contributed by atoms with van der Waals surface area (Å²) in [6.07, 6.45) is 0.639. The maximum Gasteiger partial charge on any atom is 0.335 e. The average Bonchev–Trinajstić information content (AvgIpc) is 2.28. The second-order valence-electron chi connectivity index (χ2n) is 3.47. The molecule has 1 aromatic rings. The van der Waals surface area contributed by atoms with Gasteiger partial charge in [0.1, 0.15) is 0 Å². The topological polar surface area (TPSA) is 107 Å². The summed E-state index contributed by atoms with van der Waals surface area (Å²) < 4.78 is 4.79. The Morgan fingerprint density at radius 3 is 2.61 bits per heavy atom. The second-order valence-corrected chi connectivity index (χ2v) is 3.47. The lowest BCUT2D eigenvalue weighted by atomic mass is 10.2. The van der Waals surface area contributed by atoms with Crippen molar-refractivity contribution in [3.05, 3.63) is 33.9 Å². The molecule has 7 nitrogen and oxygen atoms in total. The minimum absolute atomic E-state index is 0.106. The van der Waals surface area contributed by atoms with Gasteiger partial charge in [-0.05, 0) is 12.5 Å². The van der Waals surface area contributed by atoms with Crippen LogP contribution in [0.3, 0.4) is 0 Å². The molecule has 0 bridgehead atoms. The Balaban J connectivity index is 3.11. The molecule has 0 fully saturated rings. The summed E-state index contributed by atoms with van der Waals surface area (Å²) in [7, 11) is 0. The maximum absolute atomic E-state index is 11.3. The minimum atomic E-state index is -1.25. The number of carbonyl (C=O) groups excluding carboxylic acids is 1. The van der Waals surface area contributed by atoms with Crippen LogP contribution in [0.5, 0.6) is 5.75 Å². The van der Waals surface area contributed by atoms with Gasteiger partial charge in [0.15, 0.2) is 0 Å². The van der Waals surface area contributed by atoms with Crippen LogP contribution in [-0.2, 0) is 4.79 Å². The monoisotopic (exact) mass is 253 g/mol. The van der Waals surface area contributed by atoms with Crippen LogP contribution in [0.15, 0.2) is 18.2 Å². The molecule has 0 saturated heterocycles. The number of aromatic carboxylic acids is 1. The number of esters is 1. The maximum atomic E-state index is 11.3. The molecule has 1 aromatic carbocycles. The summed E-state index contributed by atoms with van der Waals surface area (Å²) >= 11 is 0. The van der Waals surface area contributed by atoms with E-state index in [1.165, 1.54) is 0 Å². The normalized spacial score (nSPS) is 9.83. The van der Waals surface area contributed by atoms with E-state index in [0.717, 1.165) is 18.2 Å². The van der Waals surface area contributed by atoms with Gasteiger partial charge in [0.05, 0.1) is 10.5 Å². The summed E-state index contributed by atoms with van der Waals surface area (Å²) in [5, 5.41) is 19.5. The van der Waals surface area contributed by atoms with Crippen LogP contribution in [-0.4, -0.2) is 22.0 Å². The SMILES string of the molecule is CCCC(=O)Oc1cc(C(=O)O)ccc1[N+](=O)[O-]. The van der Waals surface area contributed by atoms with Gasteiger partial charge in [-0.3, -0.25) is 14.9 Å². The van der Waals surface area contributed by atoms with E-state index in [2.05, 4.69) is 0 Å². The molecule has 0 aromatic heterocycles. The number of rotatable bonds is 5. The van der Waals surface area contributed by atoms with E-state index >= 15 is 0 Å². The first-order valence-electron chi connectivity index (χ1n) is 5.18. The van der Waals surface area contributed by atoms with Crippen molar-refractivity contribution in [2.75, 3.05) is 0 Å². The van der Waals surface area contributed by atoms with E-state index in [1.807, 2.05) is 0 Å². The summed E-state index contributed by atoms with van der Waals surface area (Å²) in [5.41, 5.74) is -0.621. The molecule has 0 radical (unpaired) electrons. The smallest absolute Gasteiger partial charge is 0.335 e. The van der Waals surface area contributed by atoms with E-state index in [-0.39, 0.29) is 17.7 Å². The zero-order chi connectivity index (χ0) is 13.7. The molecular formula is C11H11NO6. The zero-order valence-electron chi connectivity index (χ0n) is 9.58. The predicted molar refractivity (Wildman–Crippen MR) is 60.6 cm³/mol. The number of nitro groups is 1. The van der Waals surface area contributed by atoms with Crippen molar-refractivity contribution >= 4 is 17.6 Å². The highest BCUT2D eigenvalue weighted by atomic mass is 16.6. The first kappa shape index (κ1) is 13.6. The highest BCUT2D eigenvalue weighted by molar-refractivity contribution is 5.89. The average molecular weight is 253 g/mol. The van der Waals surface area contributed by atoms with E-state index in [4.69, 9.17) is 9.84 Å². The van der Waals surface area contributed by atoms with Gasteiger partial charge in [-0.25, -0.2) is 4.79 Å². The molecule has 0 atom stereocenters. The lowest BCUT2D eigenvalue weighted by molar-refractivity contribution is -0.385. The van der Waals surface area contributed by atoms with Gasteiger partial charge in [-0.1, -0.05) is 6.92 Å². The largest absolute Gasteiger partial charge is 0.478 e. The number of carboxylic acid groups (broad SMARTS) is 1. The molecule has 1 rings (SSSR count). The molecule has 18 heavy (non-hydrogen) atoms. The molecule has 0 heterocycles. The molecule has 96 valence electrons. The predicted octanol–water partition coefficient (Wildman–Crippen LogP) is 2.00. The van der Waals surface area contributed by atoms with Crippen LogP contribution < -0.4 is 4.74 Å². The van der Waals surface area contributed by atoms with Gasteiger partial charge in [0.25, 0.3) is 0 Å². The van der Waals surface area contributed by atoms with Crippen LogP contribution in [0, 0.1) is 10.1 Å². The standard InChI is InChI=1S/C11H11NO6/c1-2-3-10(13)18-9-6-7(11(14)15)4-5-8(9)12(16)17/h4-6H,2-3H2,1H3,(H,14,15). The number of benzene rings is 1. The summed E-state index contributed by atoms with van der Waals surface area (Å²) in [4.78, 5) is 32.0. The fourth-order valence-corrected chi connectivity index (χ4v) is 1.26. The number of hydrogen-bond donors (Lipinski definition) is 1. The minimum Gasteiger partial charge on any atom is -0.478 e. The molecule has 0 unspecified atom stereocenters. The Morgan fingerprint density at radius 2 is 2.11 bits per heavy atom. The quantitative estimate of drug-likeness (QED) is 0.372. The Kier molecular flexibility index (Phi) is 4.36. The zero-order valence-corrected chi connectivity index (χ0v) is 9.58. The van der Waals surface area contributed by atoms with Gasteiger partial charge >= 0.3 is 17.6 Å². The van der Waals surface area contributed by atoms with Crippen LogP contribution in [0.25, 0.3) is 0 Å². The number of carboxylic acids is 1. The molecule has 0 spiro atoms. The van der Waals surface area contributed by atoms with Gasteiger partial charge in [-0.15, -0.1) is 0 Å². The molecule has 1 N–H and O–H groups in total. The van der Waals surface area contributed by atoms with Gasteiger partial charge in [0, 0.05) is 18.6 Å². The van der Waals surface area contributed by atoms with E-state index in [9.17, 15) is 19.7 Å². The van der Waals surface area contributed by atoms with Crippen LogP contribution in [0.1, 0.15) is 30.1 Å². The van der Waals surface area contributed by atoms with Gasteiger partial charge in [0.2, 0.25) is 5.75 Å². The van der Waals surface area contributed by atoms with Crippen LogP contribution in [0.2, 0.25) is 0 Å². The fraction of sp³-hybridized carbons (Fsp3) is 0.273. The third kappa shape index (κ3) is 3.27. The van der Waals surface area contributed by atoms with Crippen molar-refractivity contribution in [1.29, 1.82) is 0 Å². The van der Waals surface area contributed by atoms with Crippen molar-refractivity contribution in [3.8, 4) is 5.75 Å². The number of nitrogens with zero attached hydrogens (tertiary/aromatic N) is 1. The molecule has 7 heteroatoms. The lowest BCUT2D eigenvalue weighted by Gasteiger charge is -2.05. The van der Waals surface area contributed by atoms with Gasteiger partial charge in [-0.2, -0.15) is 0 Å². The van der Waals surface area contributed by atoms with Crippen LogP contribution in [0.4, 0.5) is 5.69 Å². The number of carbonyl (C=O) groups is 2. The first-order valence-corrected chi connectivity index (χ1v) is 5.18.